The van der Waals surface area contributed by atoms with E-state index in [1.807, 2.05) is 0 Å². The van der Waals surface area contributed by atoms with E-state index >= 15 is 0 Å². The van der Waals surface area contributed by atoms with Crippen molar-refractivity contribution in [3.05, 3.63) is 0 Å². The molecule has 0 aliphatic carbocycles. The number of quaternary nitrogens is 1. The molecule has 0 aromatic carbocycles. The van der Waals surface area contributed by atoms with Crippen molar-refractivity contribution in [2.24, 2.45) is 0 Å². The molecule has 0 saturated carbocycles. The van der Waals surface area contributed by atoms with Gasteiger partial charge in [0, 0.05) is 0 Å². The molecule has 0 aliphatic rings. The number of thioether (sulfide) groups is 1. The fraction of sp³-hybridized carbons (Fsp3) is 1.00. The van der Waals surface area contributed by atoms with Crippen LogP contribution in [0.15, 0.2) is 0 Å². The quantitative estimate of drug-likeness (QED) is 0.0623. The highest BCUT2D eigenvalue weighted by molar-refractivity contribution is 7.99. The van der Waals surface area contributed by atoms with E-state index in [1.54, 1.807) is 0 Å². The van der Waals surface area contributed by atoms with Crippen molar-refractivity contribution in [1.29, 1.82) is 0 Å². The SMILES string of the molecule is CCCCCCCCCCCC[N+](C)(CCCCCCCCCCCC)CSCCCC.[Cl-]. The number of nitrogens with zero attached hydrogens (tertiary/aromatic N) is 1. The Kier molecular flexibility index (Phi) is 31.2. The molecule has 0 heterocycles. The van der Waals surface area contributed by atoms with Gasteiger partial charge in [0.15, 0.2) is 0 Å². The zero-order valence-corrected chi connectivity index (χ0v) is 25.2. The molecule has 0 aliphatic heterocycles. The highest BCUT2D eigenvalue weighted by atomic mass is 35.5. The minimum Gasteiger partial charge on any atom is -1.00 e. The highest BCUT2D eigenvalue weighted by Crippen LogP contribution is 2.19. The van der Waals surface area contributed by atoms with Gasteiger partial charge in [-0.15, -0.1) is 11.8 Å². The van der Waals surface area contributed by atoms with Gasteiger partial charge < -0.3 is 16.9 Å². The lowest BCUT2D eigenvalue weighted by molar-refractivity contribution is -0.897. The van der Waals surface area contributed by atoms with Gasteiger partial charge in [0.25, 0.3) is 0 Å². The summed E-state index contributed by atoms with van der Waals surface area (Å²) in [6.45, 7) is 9.76. The van der Waals surface area contributed by atoms with Gasteiger partial charge in [-0.05, 0) is 37.9 Å². The first kappa shape index (κ1) is 35.8. The Hall–Kier alpha value is 0.600. The van der Waals surface area contributed by atoms with Crippen LogP contribution in [-0.2, 0) is 0 Å². The smallest absolute Gasteiger partial charge is 0.125 e. The lowest BCUT2D eigenvalue weighted by atomic mass is 10.1. The third kappa shape index (κ3) is 27.0. The van der Waals surface area contributed by atoms with Gasteiger partial charge in [-0.2, -0.15) is 0 Å². The van der Waals surface area contributed by atoms with Crippen LogP contribution in [0.3, 0.4) is 0 Å². The lowest BCUT2D eigenvalue weighted by Crippen LogP contribution is -3.00. The molecule has 0 aromatic rings. The normalized spacial score (nSPS) is 11.6. The summed E-state index contributed by atoms with van der Waals surface area (Å²) in [4.78, 5) is 0. The van der Waals surface area contributed by atoms with E-state index in [0.29, 0.717) is 0 Å². The van der Waals surface area contributed by atoms with Crippen LogP contribution in [0.1, 0.15) is 162 Å². The number of rotatable bonds is 27. The zero-order chi connectivity index (χ0) is 23.6. The lowest BCUT2D eigenvalue weighted by Gasteiger charge is -2.34. The van der Waals surface area contributed by atoms with Gasteiger partial charge in [-0.1, -0.05) is 130 Å². The minimum absolute atomic E-state index is 0. The number of hydrogen-bond donors (Lipinski definition) is 0. The number of hydrogen-bond acceptors (Lipinski definition) is 1. The molecule has 0 saturated heterocycles. The molecule has 0 spiro atoms. The van der Waals surface area contributed by atoms with Crippen molar-refractivity contribution >= 4 is 11.8 Å². The Bertz CT molecular complexity index is 326. The molecule has 1 nitrogen and oxygen atoms in total. The van der Waals surface area contributed by atoms with Crippen LogP contribution in [0.25, 0.3) is 0 Å². The average Bonchev–Trinajstić information content (AvgIpc) is 2.79. The van der Waals surface area contributed by atoms with Gasteiger partial charge in [0.05, 0.1) is 20.1 Å². The zero-order valence-electron chi connectivity index (χ0n) is 23.6. The number of halogens is 1. The molecular weight excluding hydrogens is 442 g/mol. The standard InChI is InChI=1S/C30H64NS.ClH/c1-5-8-11-13-15-17-19-21-23-25-27-31(4,30-32-29-10-7-3)28-26-24-22-20-18-16-14-12-9-6-2;/h5-30H2,1-4H3;1H/q+1;/p-1. The van der Waals surface area contributed by atoms with Crippen LogP contribution < -0.4 is 12.4 Å². The molecule has 0 aromatic heterocycles. The second-order valence-corrected chi connectivity index (χ2v) is 11.9. The Morgan fingerprint density at radius 2 is 0.727 bits per heavy atom. The first-order valence-electron chi connectivity index (χ1n) is 15.1. The van der Waals surface area contributed by atoms with Crippen molar-refractivity contribution in [2.45, 2.75) is 162 Å². The molecule has 0 amide bonds. The first-order valence-corrected chi connectivity index (χ1v) is 16.2. The van der Waals surface area contributed by atoms with E-state index in [9.17, 15) is 0 Å². The Morgan fingerprint density at radius 1 is 0.424 bits per heavy atom. The molecule has 0 fully saturated rings. The Labute approximate surface area is 222 Å². The predicted molar refractivity (Wildman–Crippen MR) is 152 cm³/mol. The maximum Gasteiger partial charge on any atom is 0.125 e. The van der Waals surface area contributed by atoms with Crippen molar-refractivity contribution in [3.63, 3.8) is 0 Å². The van der Waals surface area contributed by atoms with E-state index < -0.39 is 0 Å². The predicted octanol–water partition coefficient (Wildman–Crippen LogP) is 7.77. The molecule has 0 rings (SSSR count). The topological polar surface area (TPSA) is 0 Å². The molecule has 0 radical (unpaired) electrons. The maximum atomic E-state index is 2.56. The molecule has 0 unspecified atom stereocenters. The van der Waals surface area contributed by atoms with E-state index in [1.165, 1.54) is 170 Å². The highest BCUT2D eigenvalue weighted by Gasteiger charge is 2.20. The van der Waals surface area contributed by atoms with Gasteiger partial charge in [0.1, 0.15) is 5.88 Å². The van der Waals surface area contributed by atoms with Crippen molar-refractivity contribution in [2.75, 3.05) is 31.8 Å². The Balaban J connectivity index is 0. The van der Waals surface area contributed by atoms with Crippen LogP contribution in [0.5, 0.6) is 0 Å². The van der Waals surface area contributed by atoms with Gasteiger partial charge in [-0.25, -0.2) is 0 Å². The van der Waals surface area contributed by atoms with Crippen LogP contribution in [-0.4, -0.2) is 36.2 Å². The average molecular weight is 506 g/mol. The molecule has 202 valence electrons. The summed E-state index contributed by atoms with van der Waals surface area (Å²) in [6.07, 6.45) is 31.8. The fourth-order valence-electron chi connectivity index (χ4n) is 4.73. The molecular formula is C30H64ClNS. The van der Waals surface area contributed by atoms with E-state index in [2.05, 4.69) is 39.6 Å². The fourth-order valence-corrected chi connectivity index (χ4v) is 6.06. The van der Waals surface area contributed by atoms with Crippen LogP contribution in [0.4, 0.5) is 0 Å². The summed E-state index contributed by atoms with van der Waals surface area (Å²) in [6, 6.07) is 0. The van der Waals surface area contributed by atoms with Crippen molar-refractivity contribution in [3.8, 4) is 0 Å². The summed E-state index contributed by atoms with van der Waals surface area (Å²) < 4.78 is 1.32. The Morgan fingerprint density at radius 3 is 1.06 bits per heavy atom. The van der Waals surface area contributed by atoms with Crippen molar-refractivity contribution < 1.29 is 16.9 Å². The van der Waals surface area contributed by atoms with E-state index in [0.717, 1.165) is 0 Å². The molecule has 0 bridgehead atoms. The molecule has 0 atom stereocenters. The molecule has 33 heavy (non-hydrogen) atoms. The van der Waals surface area contributed by atoms with Crippen LogP contribution >= 0.6 is 11.8 Å². The molecule has 3 heteroatoms. The first-order chi connectivity index (χ1) is 15.7. The number of unbranched alkanes of at least 4 members (excludes halogenated alkanes) is 19. The van der Waals surface area contributed by atoms with Crippen LogP contribution in [0.2, 0.25) is 0 Å². The van der Waals surface area contributed by atoms with Crippen molar-refractivity contribution in [1.82, 2.24) is 0 Å². The van der Waals surface area contributed by atoms with Gasteiger partial charge in [-0.3, -0.25) is 0 Å². The van der Waals surface area contributed by atoms with Gasteiger partial charge >= 0.3 is 0 Å². The largest absolute Gasteiger partial charge is 1.00 e. The summed E-state index contributed by atoms with van der Waals surface area (Å²) in [5.74, 6) is 2.70. The maximum absolute atomic E-state index is 2.56. The van der Waals surface area contributed by atoms with Crippen LogP contribution in [0, 0.1) is 0 Å². The minimum atomic E-state index is 0. The second-order valence-electron chi connectivity index (χ2n) is 10.8. The third-order valence-corrected chi connectivity index (χ3v) is 8.53. The van der Waals surface area contributed by atoms with E-state index in [-0.39, 0.29) is 12.4 Å². The van der Waals surface area contributed by atoms with E-state index in [4.69, 9.17) is 0 Å². The van der Waals surface area contributed by atoms with Gasteiger partial charge in [0.2, 0.25) is 0 Å². The molecule has 0 N–H and O–H groups in total. The summed E-state index contributed by atoms with van der Waals surface area (Å²) in [7, 11) is 2.56. The summed E-state index contributed by atoms with van der Waals surface area (Å²) in [5, 5.41) is 0. The monoisotopic (exact) mass is 505 g/mol. The summed E-state index contributed by atoms with van der Waals surface area (Å²) in [5.41, 5.74) is 0. The second kappa shape index (κ2) is 28.8. The third-order valence-electron chi connectivity index (χ3n) is 7.15. The summed E-state index contributed by atoms with van der Waals surface area (Å²) >= 11 is 2.22.